The summed E-state index contributed by atoms with van der Waals surface area (Å²) < 4.78 is 7.92. The highest BCUT2D eigenvalue weighted by molar-refractivity contribution is 5.92. The van der Waals surface area contributed by atoms with Crippen molar-refractivity contribution in [3.05, 3.63) is 77.7 Å². The molecule has 0 aliphatic rings. The summed E-state index contributed by atoms with van der Waals surface area (Å²) in [6, 6.07) is 15.3. The molecule has 0 spiro atoms. The van der Waals surface area contributed by atoms with Gasteiger partial charge in [0.25, 0.3) is 0 Å². The Labute approximate surface area is 210 Å². The Kier molecular flexibility index (Phi) is 6.86. The van der Waals surface area contributed by atoms with Crippen molar-refractivity contribution < 1.29 is 9.84 Å². The SMILES string of the molecule is Cc1cc(N(C)c2ncnc3ccc(C#CC(C)(C)O)cc23)ccc1Oc1ccn(C)/c(=N\C=N)c1. The number of aryl methyl sites for hydroxylation is 2. The zero-order valence-electron chi connectivity index (χ0n) is 20.9. The average molecular weight is 481 g/mol. The molecule has 0 radical (unpaired) electrons. The number of nitrogens with zero attached hydrogens (tertiary/aromatic N) is 5. The number of benzene rings is 2. The number of hydrogen-bond donors (Lipinski definition) is 2. The van der Waals surface area contributed by atoms with Crippen molar-refractivity contribution in [3.8, 4) is 23.3 Å². The number of nitrogens with one attached hydrogen (secondary N) is 1. The molecule has 8 nitrogen and oxygen atoms in total. The molecule has 182 valence electrons. The molecule has 2 aromatic carbocycles. The van der Waals surface area contributed by atoms with Crippen LogP contribution in [0, 0.1) is 24.2 Å². The van der Waals surface area contributed by atoms with Crippen molar-refractivity contribution in [2.45, 2.75) is 26.4 Å². The fraction of sp³-hybridized carbons (Fsp3) is 0.214. The van der Waals surface area contributed by atoms with Gasteiger partial charge in [-0.1, -0.05) is 11.8 Å². The number of aliphatic hydroxyl groups is 1. The Hall–Kier alpha value is -4.48. The molecule has 0 aliphatic carbocycles. The number of ether oxygens (including phenoxy) is 1. The van der Waals surface area contributed by atoms with Gasteiger partial charge in [-0.05, 0) is 68.8 Å². The maximum Gasteiger partial charge on any atom is 0.144 e. The quantitative estimate of drug-likeness (QED) is 0.249. The smallest absolute Gasteiger partial charge is 0.144 e. The summed E-state index contributed by atoms with van der Waals surface area (Å²) >= 11 is 0. The summed E-state index contributed by atoms with van der Waals surface area (Å²) in [6.45, 7) is 5.30. The van der Waals surface area contributed by atoms with Crippen molar-refractivity contribution in [2.24, 2.45) is 12.0 Å². The fourth-order valence-corrected chi connectivity index (χ4v) is 3.62. The van der Waals surface area contributed by atoms with E-state index < -0.39 is 5.60 Å². The molecule has 4 aromatic rings. The molecule has 2 aromatic heterocycles. The summed E-state index contributed by atoms with van der Waals surface area (Å²) in [6.07, 6.45) is 4.40. The van der Waals surface area contributed by atoms with Crippen LogP contribution in [-0.4, -0.2) is 38.6 Å². The van der Waals surface area contributed by atoms with Gasteiger partial charge in [-0.25, -0.2) is 15.0 Å². The van der Waals surface area contributed by atoms with Crippen LogP contribution < -0.4 is 15.1 Å². The molecule has 0 saturated heterocycles. The standard InChI is InChI=1S/C28H28N6O2/c1-19-14-21(7-9-25(19)36-22-11-13-33(4)26(16-22)30-17-29)34(5)27-23-15-20(10-12-28(2,3)35)6-8-24(23)31-18-32-27/h6-9,11,13-18,29,35H,1-5H3/b29-17?,30-26-. The molecule has 0 fully saturated rings. The third-order valence-electron chi connectivity index (χ3n) is 5.51. The Balaban J connectivity index is 1.66. The van der Waals surface area contributed by atoms with Crippen LogP contribution >= 0.6 is 0 Å². The van der Waals surface area contributed by atoms with Gasteiger partial charge in [0.1, 0.15) is 41.1 Å². The lowest BCUT2D eigenvalue weighted by molar-refractivity contribution is 0.143. The molecule has 0 unspecified atom stereocenters. The molecule has 0 bridgehead atoms. The average Bonchev–Trinajstić information content (AvgIpc) is 2.84. The van der Waals surface area contributed by atoms with Crippen LogP contribution in [0.3, 0.4) is 0 Å². The first-order valence-electron chi connectivity index (χ1n) is 11.4. The van der Waals surface area contributed by atoms with Crippen LogP contribution in [0.5, 0.6) is 11.5 Å². The molecule has 4 rings (SSSR count). The van der Waals surface area contributed by atoms with E-state index in [0.717, 1.165) is 45.6 Å². The minimum absolute atomic E-state index is 0.624. The number of fused-ring (bicyclic) bond motifs is 1. The summed E-state index contributed by atoms with van der Waals surface area (Å²) in [4.78, 5) is 15.0. The topological polar surface area (TPSA) is 99.6 Å². The van der Waals surface area contributed by atoms with E-state index in [-0.39, 0.29) is 0 Å². The minimum atomic E-state index is -1.07. The first-order valence-corrected chi connectivity index (χ1v) is 11.4. The van der Waals surface area contributed by atoms with Crippen molar-refractivity contribution in [2.75, 3.05) is 11.9 Å². The van der Waals surface area contributed by atoms with E-state index >= 15 is 0 Å². The van der Waals surface area contributed by atoms with E-state index in [9.17, 15) is 5.11 Å². The molecule has 0 amide bonds. The number of rotatable bonds is 5. The van der Waals surface area contributed by atoms with E-state index in [1.54, 1.807) is 26.2 Å². The summed E-state index contributed by atoms with van der Waals surface area (Å²) in [7, 11) is 3.82. The Bertz CT molecular complexity index is 1570. The Morgan fingerprint density at radius 1 is 1.14 bits per heavy atom. The van der Waals surface area contributed by atoms with Gasteiger partial charge in [0.15, 0.2) is 0 Å². The lowest BCUT2D eigenvalue weighted by atomic mass is 10.1. The molecular weight excluding hydrogens is 452 g/mol. The van der Waals surface area contributed by atoms with E-state index in [1.165, 1.54) is 0 Å². The number of aromatic nitrogens is 3. The van der Waals surface area contributed by atoms with Crippen LogP contribution in [0.15, 0.2) is 66.0 Å². The predicted octanol–water partition coefficient (Wildman–Crippen LogP) is 4.47. The molecule has 2 heterocycles. The van der Waals surface area contributed by atoms with E-state index in [0.29, 0.717) is 11.2 Å². The van der Waals surface area contributed by atoms with Crippen LogP contribution in [0.25, 0.3) is 10.9 Å². The summed E-state index contributed by atoms with van der Waals surface area (Å²) in [5, 5.41) is 18.0. The van der Waals surface area contributed by atoms with Crippen LogP contribution in [-0.2, 0) is 7.05 Å². The zero-order chi connectivity index (χ0) is 25.9. The van der Waals surface area contributed by atoms with E-state index in [4.69, 9.17) is 10.1 Å². The minimum Gasteiger partial charge on any atom is -0.457 e. The third-order valence-corrected chi connectivity index (χ3v) is 5.51. The molecular formula is C28H28N6O2. The second kappa shape index (κ2) is 10.0. The van der Waals surface area contributed by atoms with Gasteiger partial charge in [-0.15, -0.1) is 0 Å². The second-order valence-corrected chi connectivity index (χ2v) is 8.94. The van der Waals surface area contributed by atoms with Crippen LogP contribution in [0.1, 0.15) is 25.0 Å². The highest BCUT2D eigenvalue weighted by atomic mass is 16.5. The molecule has 0 aliphatic heterocycles. The van der Waals surface area contributed by atoms with Crippen molar-refractivity contribution >= 4 is 28.7 Å². The summed E-state index contributed by atoms with van der Waals surface area (Å²) in [5.74, 6) is 7.98. The van der Waals surface area contributed by atoms with Crippen molar-refractivity contribution in [1.82, 2.24) is 14.5 Å². The van der Waals surface area contributed by atoms with Gasteiger partial charge in [-0.2, -0.15) is 0 Å². The summed E-state index contributed by atoms with van der Waals surface area (Å²) in [5.41, 5.74) is 3.02. The van der Waals surface area contributed by atoms with Gasteiger partial charge in [-0.3, -0.25) is 5.41 Å². The van der Waals surface area contributed by atoms with E-state index in [2.05, 4.69) is 26.8 Å². The molecule has 8 heteroatoms. The first-order chi connectivity index (χ1) is 17.1. The third kappa shape index (κ3) is 5.59. The zero-order valence-corrected chi connectivity index (χ0v) is 20.9. The molecule has 36 heavy (non-hydrogen) atoms. The highest BCUT2D eigenvalue weighted by Gasteiger charge is 2.13. The second-order valence-electron chi connectivity index (χ2n) is 8.94. The predicted molar refractivity (Wildman–Crippen MR) is 142 cm³/mol. The van der Waals surface area contributed by atoms with Crippen molar-refractivity contribution in [1.29, 1.82) is 5.41 Å². The van der Waals surface area contributed by atoms with Gasteiger partial charge < -0.3 is 19.3 Å². The normalized spacial score (nSPS) is 11.7. The van der Waals surface area contributed by atoms with E-state index in [1.807, 2.05) is 79.1 Å². The highest BCUT2D eigenvalue weighted by Crippen LogP contribution is 2.32. The Morgan fingerprint density at radius 3 is 2.67 bits per heavy atom. The lowest BCUT2D eigenvalue weighted by Gasteiger charge is -2.21. The number of pyridine rings is 1. The van der Waals surface area contributed by atoms with Gasteiger partial charge in [0, 0.05) is 43.0 Å². The van der Waals surface area contributed by atoms with Crippen molar-refractivity contribution in [3.63, 3.8) is 0 Å². The number of anilines is 2. The van der Waals surface area contributed by atoms with Gasteiger partial charge in [0.2, 0.25) is 0 Å². The first kappa shape index (κ1) is 24.6. The van der Waals surface area contributed by atoms with Gasteiger partial charge in [0.05, 0.1) is 5.52 Å². The molecule has 2 N–H and O–H groups in total. The molecule has 0 saturated carbocycles. The Morgan fingerprint density at radius 2 is 1.94 bits per heavy atom. The van der Waals surface area contributed by atoms with Gasteiger partial charge >= 0.3 is 0 Å². The van der Waals surface area contributed by atoms with Crippen LogP contribution in [0.4, 0.5) is 11.5 Å². The maximum absolute atomic E-state index is 9.94. The fourth-order valence-electron chi connectivity index (χ4n) is 3.62. The van der Waals surface area contributed by atoms with Crippen LogP contribution in [0.2, 0.25) is 0 Å². The number of hydrogen-bond acceptors (Lipinski definition) is 6. The molecule has 0 atom stereocenters. The largest absolute Gasteiger partial charge is 0.457 e. The lowest BCUT2D eigenvalue weighted by Crippen LogP contribution is -2.16. The monoisotopic (exact) mass is 480 g/mol. The maximum atomic E-state index is 9.94.